The Morgan fingerprint density at radius 3 is 2.86 bits per heavy atom. The Morgan fingerprint density at radius 1 is 1.28 bits per heavy atom. The van der Waals surface area contributed by atoms with Gasteiger partial charge < -0.3 is 15.2 Å². The zero-order chi connectivity index (χ0) is 20.5. The van der Waals surface area contributed by atoms with Crippen molar-refractivity contribution in [3.05, 3.63) is 64.7 Å². The molecule has 29 heavy (non-hydrogen) atoms. The first kappa shape index (κ1) is 18.9. The second-order valence-electron chi connectivity index (χ2n) is 6.34. The number of fused-ring (bicyclic) bond motifs is 1. The van der Waals surface area contributed by atoms with Crippen LogP contribution in [0.25, 0.3) is 0 Å². The van der Waals surface area contributed by atoms with Crippen LogP contribution in [0.2, 0.25) is 5.15 Å². The van der Waals surface area contributed by atoms with Crippen LogP contribution in [0.1, 0.15) is 24.1 Å². The van der Waals surface area contributed by atoms with Gasteiger partial charge in [0.25, 0.3) is 0 Å². The Balaban J connectivity index is 1.57. The smallest absolute Gasteiger partial charge is 0.416 e. The molecule has 0 spiro atoms. The number of halogens is 2. The summed E-state index contributed by atoms with van der Waals surface area (Å²) in [5.41, 5.74) is 6.52. The fourth-order valence-corrected chi connectivity index (χ4v) is 3.08. The van der Waals surface area contributed by atoms with Gasteiger partial charge in [-0.2, -0.15) is 0 Å². The number of ether oxygens (including phenoxy) is 2. The molecule has 2 N–H and O–H groups in total. The zero-order valence-corrected chi connectivity index (χ0v) is 15.9. The number of hydrogen-bond acceptors (Lipinski definition) is 7. The summed E-state index contributed by atoms with van der Waals surface area (Å²) in [6.45, 7) is 1.82. The molecule has 3 aromatic rings. The number of anilines is 1. The standard InChI is InChI=1S/C19H15ClFN5O3/c1-10-13-3-2-12(28-16-5-4-15(20)24-25-16)8-14(13)29-19(27)26(10)9-11-6-7-23-18(22)17(11)21/h2-8,10H,9H2,1H3,(H2,22,23). The van der Waals surface area contributed by atoms with E-state index in [1.807, 2.05) is 6.92 Å². The number of rotatable bonds is 4. The van der Waals surface area contributed by atoms with Gasteiger partial charge in [-0.25, -0.2) is 14.2 Å². The van der Waals surface area contributed by atoms with Crippen molar-refractivity contribution in [2.75, 3.05) is 5.73 Å². The van der Waals surface area contributed by atoms with E-state index in [1.54, 1.807) is 30.3 Å². The Hall–Kier alpha value is -3.46. The molecule has 1 unspecified atom stereocenters. The van der Waals surface area contributed by atoms with Gasteiger partial charge in [0, 0.05) is 29.5 Å². The summed E-state index contributed by atoms with van der Waals surface area (Å²) in [7, 11) is 0. The summed E-state index contributed by atoms with van der Waals surface area (Å²) >= 11 is 5.71. The molecule has 8 nitrogen and oxygen atoms in total. The number of nitrogen functional groups attached to an aromatic ring is 1. The van der Waals surface area contributed by atoms with Gasteiger partial charge in [-0.3, -0.25) is 4.90 Å². The number of nitrogens with two attached hydrogens (primary N) is 1. The molecule has 1 aromatic carbocycles. The van der Waals surface area contributed by atoms with Crippen LogP contribution in [0.3, 0.4) is 0 Å². The van der Waals surface area contributed by atoms with Gasteiger partial charge in [0.2, 0.25) is 5.88 Å². The SMILES string of the molecule is CC1c2ccc(Oc3ccc(Cl)nn3)cc2OC(=O)N1Cc1ccnc(N)c1F. The number of amides is 1. The lowest BCUT2D eigenvalue weighted by Crippen LogP contribution is -2.39. The van der Waals surface area contributed by atoms with Crippen molar-refractivity contribution in [3.63, 3.8) is 0 Å². The molecule has 1 aliphatic rings. The summed E-state index contributed by atoms with van der Waals surface area (Å²) in [6, 6.07) is 9.31. The van der Waals surface area contributed by atoms with Crippen molar-refractivity contribution in [2.45, 2.75) is 19.5 Å². The summed E-state index contributed by atoms with van der Waals surface area (Å²) in [5, 5.41) is 7.77. The third-order valence-corrected chi connectivity index (χ3v) is 4.70. The van der Waals surface area contributed by atoms with Crippen molar-refractivity contribution in [2.24, 2.45) is 0 Å². The summed E-state index contributed by atoms with van der Waals surface area (Å²) < 4.78 is 25.2. The zero-order valence-electron chi connectivity index (χ0n) is 15.2. The number of pyridine rings is 1. The van der Waals surface area contributed by atoms with E-state index in [9.17, 15) is 9.18 Å². The lowest BCUT2D eigenvalue weighted by Gasteiger charge is -2.34. The molecular formula is C19H15ClFN5O3. The van der Waals surface area contributed by atoms with Crippen molar-refractivity contribution < 1.29 is 18.7 Å². The molecule has 3 heterocycles. The predicted molar refractivity (Wildman–Crippen MR) is 102 cm³/mol. The second-order valence-corrected chi connectivity index (χ2v) is 6.72. The van der Waals surface area contributed by atoms with Gasteiger partial charge in [0.1, 0.15) is 11.5 Å². The van der Waals surface area contributed by atoms with Crippen molar-refractivity contribution in [1.29, 1.82) is 0 Å². The molecule has 4 rings (SSSR count). The molecule has 0 radical (unpaired) electrons. The first-order chi connectivity index (χ1) is 13.9. The molecule has 0 bridgehead atoms. The van der Waals surface area contributed by atoms with Crippen LogP contribution in [0.5, 0.6) is 17.4 Å². The minimum absolute atomic E-state index is 0.00336. The first-order valence-corrected chi connectivity index (χ1v) is 8.98. The highest BCUT2D eigenvalue weighted by molar-refractivity contribution is 6.29. The molecule has 1 amide bonds. The third-order valence-electron chi connectivity index (χ3n) is 4.50. The average molecular weight is 416 g/mol. The van der Waals surface area contributed by atoms with E-state index in [1.165, 1.54) is 17.2 Å². The van der Waals surface area contributed by atoms with E-state index < -0.39 is 11.9 Å². The highest BCUT2D eigenvalue weighted by Gasteiger charge is 2.32. The van der Waals surface area contributed by atoms with Crippen LogP contribution in [0.15, 0.2) is 42.6 Å². The summed E-state index contributed by atoms with van der Waals surface area (Å²) in [4.78, 5) is 17.6. The Kier molecular flexibility index (Phi) is 4.89. The molecule has 0 saturated carbocycles. The Labute approximate surface area is 170 Å². The molecule has 1 aliphatic heterocycles. The molecular weight excluding hydrogens is 401 g/mol. The number of aromatic nitrogens is 3. The van der Waals surface area contributed by atoms with E-state index in [-0.39, 0.29) is 35.0 Å². The summed E-state index contributed by atoms with van der Waals surface area (Å²) in [6.07, 6.45) is 0.786. The maximum atomic E-state index is 14.2. The van der Waals surface area contributed by atoms with Gasteiger partial charge in [-0.15, -0.1) is 10.2 Å². The van der Waals surface area contributed by atoms with E-state index in [0.717, 1.165) is 5.56 Å². The maximum absolute atomic E-state index is 14.2. The monoisotopic (exact) mass is 415 g/mol. The predicted octanol–water partition coefficient (Wildman–Crippen LogP) is 4.11. The highest BCUT2D eigenvalue weighted by Crippen LogP contribution is 2.38. The minimum atomic E-state index is -0.647. The van der Waals surface area contributed by atoms with Gasteiger partial charge in [0.15, 0.2) is 16.8 Å². The normalized spacial score (nSPS) is 15.6. The fourth-order valence-electron chi connectivity index (χ4n) is 2.98. The molecule has 10 heteroatoms. The van der Waals surface area contributed by atoms with Crippen LogP contribution in [-0.2, 0) is 6.54 Å². The van der Waals surface area contributed by atoms with Crippen LogP contribution >= 0.6 is 11.6 Å². The van der Waals surface area contributed by atoms with Gasteiger partial charge in [-0.05, 0) is 31.2 Å². The van der Waals surface area contributed by atoms with Gasteiger partial charge in [0.05, 0.1) is 12.6 Å². The average Bonchev–Trinajstić information content (AvgIpc) is 2.70. The fraction of sp³-hybridized carbons (Fsp3) is 0.158. The molecule has 0 aliphatic carbocycles. The van der Waals surface area contributed by atoms with E-state index in [4.69, 9.17) is 26.8 Å². The third kappa shape index (κ3) is 3.77. The number of hydrogen-bond donors (Lipinski definition) is 1. The van der Waals surface area contributed by atoms with Gasteiger partial charge in [-0.1, -0.05) is 11.6 Å². The lowest BCUT2D eigenvalue weighted by molar-refractivity contribution is 0.116. The molecule has 2 aromatic heterocycles. The van der Waals surface area contributed by atoms with Crippen LogP contribution in [0, 0.1) is 5.82 Å². The van der Waals surface area contributed by atoms with Crippen molar-refractivity contribution in [1.82, 2.24) is 20.1 Å². The summed E-state index contributed by atoms with van der Waals surface area (Å²) in [5.74, 6) is 0.158. The van der Waals surface area contributed by atoms with E-state index in [0.29, 0.717) is 11.5 Å². The van der Waals surface area contributed by atoms with Crippen LogP contribution in [-0.4, -0.2) is 26.2 Å². The van der Waals surface area contributed by atoms with E-state index >= 15 is 0 Å². The number of nitrogens with zero attached hydrogens (tertiary/aromatic N) is 4. The van der Waals surface area contributed by atoms with Crippen LogP contribution in [0.4, 0.5) is 15.0 Å². The highest BCUT2D eigenvalue weighted by atomic mass is 35.5. The quantitative estimate of drug-likeness (QED) is 0.683. The Morgan fingerprint density at radius 2 is 2.10 bits per heavy atom. The lowest BCUT2D eigenvalue weighted by atomic mass is 10.0. The molecule has 148 valence electrons. The van der Waals surface area contributed by atoms with Gasteiger partial charge >= 0.3 is 6.09 Å². The minimum Gasteiger partial charge on any atom is -0.437 e. The van der Waals surface area contributed by atoms with Crippen molar-refractivity contribution in [3.8, 4) is 17.4 Å². The Bertz CT molecular complexity index is 1080. The topological polar surface area (TPSA) is 103 Å². The number of benzene rings is 1. The molecule has 0 fully saturated rings. The van der Waals surface area contributed by atoms with Crippen molar-refractivity contribution >= 4 is 23.5 Å². The number of carbonyl (C=O) groups excluding carboxylic acids is 1. The molecule has 0 saturated heterocycles. The first-order valence-electron chi connectivity index (χ1n) is 8.60. The molecule has 1 atom stereocenters. The number of carbonyl (C=O) groups is 1. The van der Waals surface area contributed by atoms with E-state index in [2.05, 4.69) is 15.2 Å². The maximum Gasteiger partial charge on any atom is 0.416 e. The second kappa shape index (κ2) is 7.51. The largest absolute Gasteiger partial charge is 0.437 e. The van der Waals surface area contributed by atoms with Crippen LogP contribution < -0.4 is 15.2 Å².